The van der Waals surface area contributed by atoms with Gasteiger partial charge in [-0.3, -0.25) is 0 Å². The first-order chi connectivity index (χ1) is 8.31. The summed E-state index contributed by atoms with van der Waals surface area (Å²) >= 11 is 1.82. The Morgan fingerprint density at radius 1 is 1.29 bits per heavy atom. The van der Waals surface area contributed by atoms with Crippen LogP contribution in [0, 0.1) is 0 Å². The molecule has 2 aromatic rings. The van der Waals surface area contributed by atoms with Crippen molar-refractivity contribution >= 4 is 17.2 Å². The van der Waals surface area contributed by atoms with Gasteiger partial charge in [0.25, 0.3) is 0 Å². The number of pyridine rings is 1. The fourth-order valence-electron chi connectivity index (χ4n) is 1.55. The summed E-state index contributed by atoms with van der Waals surface area (Å²) in [5, 5.41) is 12.3. The van der Waals surface area contributed by atoms with E-state index in [1.807, 2.05) is 23.5 Å². The standard InChI is InChI=1S/C13H16N2OS/c1-2-11-3-4-12(17-11)8-15-13-7-10(9-16)5-6-14-13/h3-7,16H,2,8-9H2,1H3,(H,14,15). The van der Waals surface area contributed by atoms with Gasteiger partial charge in [0.1, 0.15) is 5.82 Å². The van der Waals surface area contributed by atoms with Gasteiger partial charge in [0.2, 0.25) is 0 Å². The highest BCUT2D eigenvalue weighted by Crippen LogP contribution is 2.18. The lowest BCUT2D eigenvalue weighted by Crippen LogP contribution is -2.00. The highest BCUT2D eigenvalue weighted by molar-refractivity contribution is 7.12. The fourth-order valence-corrected chi connectivity index (χ4v) is 2.45. The van der Waals surface area contributed by atoms with Crippen molar-refractivity contribution < 1.29 is 5.11 Å². The van der Waals surface area contributed by atoms with Crippen molar-refractivity contribution in [1.29, 1.82) is 0 Å². The van der Waals surface area contributed by atoms with E-state index in [0.29, 0.717) is 0 Å². The number of aliphatic hydroxyl groups is 1. The Morgan fingerprint density at radius 2 is 2.12 bits per heavy atom. The van der Waals surface area contributed by atoms with E-state index >= 15 is 0 Å². The molecule has 0 spiro atoms. The van der Waals surface area contributed by atoms with E-state index in [1.54, 1.807) is 6.20 Å². The summed E-state index contributed by atoms with van der Waals surface area (Å²) in [7, 11) is 0. The molecule has 0 fully saturated rings. The Bertz CT molecular complexity index is 482. The summed E-state index contributed by atoms with van der Waals surface area (Å²) in [5.74, 6) is 0.808. The first-order valence-electron chi connectivity index (χ1n) is 5.69. The molecule has 0 saturated heterocycles. The van der Waals surface area contributed by atoms with E-state index < -0.39 is 0 Å². The third kappa shape index (κ3) is 3.28. The normalized spacial score (nSPS) is 10.5. The molecule has 0 saturated carbocycles. The number of anilines is 1. The van der Waals surface area contributed by atoms with Crippen LogP contribution in [-0.4, -0.2) is 10.1 Å². The molecule has 0 bridgehead atoms. The molecule has 90 valence electrons. The van der Waals surface area contributed by atoms with E-state index in [-0.39, 0.29) is 6.61 Å². The van der Waals surface area contributed by atoms with Crippen molar-refractivity contribution in [2.75, 3.05) is 5.32 Å². The van der Waals surface area contributed by atoms with Gasteiger partial charge >= 0.3 is 0 Å². The van der Waals surface area contributed by atoms with Crippen LogP contribution >= 0.6 is 11.3 Å². The highest BCUT2D eigenvalue weighted by atomic mass is 32.1. The maximum atomic E-state index is 9.03. The Balaban J connectivity index is 1.96. The summed E-state index contributed by atoms with van der Waals surface area (Å²) in [6.07, 6.45) is 2.79. The van der Waals surface area contributed by atoms with Crippen LogP contribution in [0.25, 0.3) is 0 Å². The van der Waals surface area contributed by atoms with E-state index in [9.17, 15) is 0 Å². The number of thiophene rings is 1. The lowest BCUT2D eigenvalue weighted by atomic mass is 10.3. The smallest absolute Gasteiger partial charge is 0.126 e. The van der Waals surface area contributed by atoms with Crippen LogP contribution < -0.4 is 5.32 Å². The third-order valence-electron chi connectivity index (χ3n) is 2.52. The lowest BCUT2D eigenvalue weighted by Gasteiger charge is -2.04. The van der Waals surface area contributed by atoms with Crippen LogP contribution in [0.15, 0.2) is 30.5 Å². The molecule has 0 aliphatic heterocycles. The number of aliphatic hydroxyl groups excluding tert-OH is 1. The minimum atomic E-state index is 0.0518. The first-order valence-corrected chi connectivity index (χ1v) is 6.50. The number of aromatic nitrogens is 1. The van der Waals surface area contributed by atoms with Gasteiger partial charge in [0, 0.05) is 16.0 Å². The Morgan fingerprint density at radius 3 is 2.82 bits per heavy atom. The van der Waals surface area contributed by atoms with Crippen molar-refractivity contribution in [2.45, 2.75) is 26.5 Å². The molecule has 2 aromatic heterocycles. The van der Waals surface area contributed by atoms with Crippen LogP contribution in [0.5, 0.6) is 0 Å². The van der Waals surface area contributed by atoms with Crippen LogP contribution in [0.4, 0.5) is 5.82 Å². The summed E-state index contributed by atoms with van der Waals surface area (Å²) in [6.45, 7) is 3.00. The molecule has 0 aliphatic rings. The average Bonchev–Trinajstić information content (AvgIpc) is 2.84. The van der Waals surface area contributed by atoms with Crippen LogP contribution in [0.1, 0.15) is 22.2 Å². The van der Waals surface area contributed by atoms with E-state index in [0.717, 1.165) is 24.3 Å². The minimum Gasteiger partial charge on any atom is -0.392 e. The van der Waals surface area contributed by atoms with Gasteiger partial charge in [-0.2, -0.15) is 0 Å². The molecular formula is C13H16N2OS. The molecule has 0 amide bonds. The second-order valence-corrected chi connectivity index (χ2v) is 5.04. The molecule has 0 aliphatic carbocycles. The van der Waals surface area contributed by atoms with E-state index in [2.05, 4.69) is 29.4 Å². The van der Waals surface area contributed by atoms with Gasteiger partial charge < -0.3 is 10.4 Å². The molecule has 2 N–H and O–H groups in total. The topological polar surface area (TPSA) is 45.1 Å². The van der Waals surface area contributed by atoms with Gasteiger partial charge in [0.05, 0.1) is 13.2 Å². The summed E-state index contributed by atoms with van der Waals surface area (Å²) in [4.78, 5) is 6.92. The summed E-state index contributed by atoms with van der Waals surface area (Å²) in [5.41, 5.74) is 0.878. The summed E-state index contributed by atoms with van der Waals surface area (Å²) in [6, 6.07) is 7.99. The van der Waals surface area contributed by atoms with Crippen LogP contribution in [0.2, 0.25) is 0 Å². The molecular weight excluding hydrogens is 232 g/mol. The zero-order chi connectivity index (χ0) is 12.1. The van der Waals surface area contributed by atoms with E-state index in [1.165, 1.54) is 9.75 Å². The molecule has 0 aromatic carbocycles. The number of nitrogens with zero attached hydrogens (tertiary/aromatic N) is 1. The Hall–Kier alpha value is -1.39. The number of hydrogen-bond donors (Lipinski definition) is 2. The molecule has 0 unspecified atom stereocenters. The Kier molecular flexibility index (Phi) is 4.12. The monoisotopic (exact) mass is 248 g/mol. The third-order valence-corrected chi connectivity index (χ3v) is 3.75. The average molecular weight is 248 g/mol. The van der Waals surface area contributed by atoms with E-state index in [4.69, 9.17) is 5.11 Å². The molecule has 2 heterocycles. The quantitative estimate of drug-likeness (QED) is 0.855. The number of aryl methyl sites for hydroxylation is 1. The molecule has 2 rings (SSSR count). The predicted molar refractivity (Wildman–Crippen MR) is 71.2 cm³/mol. The maximum Gasteiger partial charge on any atom is 0.126 e. The van der Waals surface area contributed by atoms with Crippen molar-refractivity contribution in [3.63, 3.8) is 0 Å². The van der Waals surface area contributed by atoms with Gasteiger partial charge in [-0.05, 0) is 36.2 Å². The molecule has 0 radical (unpaired) electrons. The largest absolute Gasteiger partial charge is 0.392 e. The fraction of sp³-hybridized carbons (Fsp3) is 0.308. The minimum absolute atomic E-state index is 0.0518. The van der Waals surface area contributed by atoms with Crippen LogP contribution in [-0.2, 0) is 19.6 Å². The van der Waals surface area contributed by atoms with Crippen molar-refractivity contribution in [3.05, 3.63) is 45.8 Å². The van der Waals surface area contributed by atoms with Crippen molar-refractivity contribution in [2.24, 2.45) is 0 Å². The number of hydrogen-bond acceptors (Lipinski definition) is 4. The van der Waals surface area contributed by atoms with Gasteiger partial charge in [-0.1, -0.05) is 6.92 Å². The zero-order valence-corrected chi connectivity index (χ0v) is 10.6. The second-order valence-electron chi connectivity index (χ2n) is 3.78. The molecule has 17 heavy (non-hydrogen) atoms. The van der Waals surface area contributed by atoms with Crippen LogP contribution in [0.3, 0.4) is 0 Å². The van der Waals surface area contributed by atoms with Gasteiger partial charge in [-0.25, -0.2) is 4.98 Å². The highest BCUT2D eigenvalue weighted by Gasteiger charge is 2.00. The zero-order valence-electron chi connectivity index (χ0n) is 9.81. The van der Waals surface area contributed by atoms with Crippen molar-refractivity contribution in [3.8, 4) is 0 Å². The maximum absolute atomic E-state index is 9.03. The SMILES string of the molecule is CCc1ccc(CNc2cc(CO)ccn2)s1. The Labute approximate surface area is 105 Å². The molecule has 0 atom stereocenters. The van der Waals surface area contributed by atoms with Gasteiger partial charge in [0.15, 0.2) is 0 Å². The summed E-state index contributed by atoms with van der Waals surface area (Å²) < 4.78 is 0. The number of nitrogens with one attached hydrogen (secondary N) is 1. The van der Waals surface area contributed by atoms with Crippen molar-refractivity contribution in [1.82, 2.24) is 4.98 Å². The first kappa shape index (κ1) is 12.1. The predicted octanol–water partition coefficient (Wildman–Crippen LogP) is 2.81. The molecule has 4 heteroatoms. The molecule has 3 nitrogen and oxygen atoms in total. The number of rotatable bonds is 5. The lowest BCUT2D eigenvalue weighted by molar-refractivity contribution is 0.282. The second kappa shape index (κ2) is 5.80. The van der Waals surface area contributed by atoms with Gasteiger partial charge in [-0.15, -0.1) is 11.3 Å².